The molecule has 0 aliphatic carbocycles. The maximum absolute atomic E-state index is 11.9. The molecule has 25 heavy (non-hydrogen) atoms. The fraction of sp³-hybridized carbons (Fsp3) is 0.438. The Bertz CT molecular complexity index is 817. The second-order valence-electron chi connectivity index (χ2n) is 5.91. The van der Waals surface area contributed by atoms with Gasteiger partial charge in [0.15, 0.2) is 11.6 Å². The molecule has 134 valence electrons. The number of hydrogen-bond donors (Lipinski definition) is 1. The number of aryl methyl sites for hydroxylation is 1. The standard InChI is InChI=1S/C16H22N6O2S/c1-3-25(23,24)22-10-8-21(9-11-22)16-5-4-14(19-20-16)18-15-12-13(2)6-7-17-15/h4-7,12H,3,8-11H2,1-2H3,(H,17,18,19). The predicted molar refractivity (Wildman–Crippen MR) is 97.5 cm³/mol. The van der Waals surface area contributed by atoms with Crippen molar-refractivity contribution in [2.45, 2.75) is 13.8 Å². The van der Waals surface area contributed by atoms with Crippen LogP contribution in [-0.2, 0) is 10.0 Å². The number of nitrogens with zero attached hydrogens (tertiary/aromatic N) is 5. The van der Waals surface area contributed by atoms with Crippen LogP contribution in [-0.4, -0.2) is 59.8 Å². The molecule has 1 fully saturated rings. The first kappa shape index (κ1) is 17.6. The quantitative estimate of drug-likeness (QED) is 0.859. The highest BCUT2D eigenvalue weighted by Crippen LogP contribution is 2.18. The number of aromatic nitrogens is 3. The number of nitrogens with one attached hydrogen (secondary N) is 1. The molecule has 0 amide bonds. The van der Waals surface area contributed by atoms with E-state index in [1.54, 1.807) is 13.1 Å². The first-order valence-electron chi connectivity index (χ1n) is 8.24. The molecule has 1 aliphatic rings. The van der Waals surface area contributed by atoms with E-state index < -0.39 is 10.0 Å². The Labute approximate surface area is 147 Å². The third-order valence-electron chi connectivity index (χ3n) is 4.14. The maximum atomic E-state index is 11.9. The summed E-state index contributed by atoms with van der Waals surface area (Å²) in [6.07, 6.45) is 1.74. The fourth-order valence-electron chi connectivity index (χ4n) is 2.67. The average molecular weight is 362 g/mol. The van der Waals surface area contributed by atoms with Crippen molar-refractivity contribution < 1.29 is 8.42 Å². The van der Waals surface area contributed by atoms with Gasteiger partial charge in [0.05, 0.1) is 5.75 Å². The molecule has 1 saturated heterocycles. The van der Waals surface area contributed by atoms with Gasteiger partial charge in [-0.05, 0) is 43.7 Å². The zero-order valence-corrected chi connectivity index (χ0v) is 15.2. The van der Waals surface area contributed by atoms with Crippen LogP contribution in [0.5, 0.6) is 0 Å². The summed E-state index contributed by atoms with van der Waals surface area (Å²) in [6.45, 7) is 5.85. The van der Waals surface area contributed by atoms with E-state index in [2.05, 4.69) is 20.5 Å². The molecule has 0 spiro atoms. The second kappa shape index (κ2) is 7.32. The van der Waals surface area contributed by atoms with Gasteiger partial charge in [-0.1, -0.05) is 0 Å². The van der Waals surface area contributed by atoms with Crippen LogP contribution in [0.4, 0.5) is 17.5 Å². The van der Waals surface area contributed by atoms with Gasteiger partial charge in [-0.15, -0.1) is 10.2 Å². The first-order chi connectivity index (χ1) is 12.0. The van der Waals surface area contributed by atoms with Crippen molar-refractivity contribution in [3.63, 3.8) is 0 Å². The van der Waals surface area contributed by atoms with Gasteiger partial charge in [0.25, 0.3) is 0 Å². The van der Waals surface area contributed by atoms with E-state index >= 15 is 0 Å². The van der Waals surface area contributed by atoms with E-state index in [0.29, 0.717) is 32.0 Å². The summed E-state index contributed by atoms with van der Waals surface area (Å²) in [5.41, 5.74) is 1.11. The molecule has 1 aliphatic heterocycles. The number of rotatable bonds is 5. The van der Waals surface area contributed by atoms with E-state index in [0.717, 1.165) is 17.2 Å². The normalized spacial score (nSPS) is 16.0. The summed E-state index contributed by atoms with van der Waals surface area (Å²) < 4.78 is 25.3. The SMILES string of the molecule is CCS(=O)(=O)N1CCN(c2ccc(Nc3cc(C)ccn3)nn2)CC1. The van der Waals surface area contributed by atoms with Gasteiger partial charge in [-0.3, -0.25) is 0 Å². The lowest BCUT2D eigenvalue weighted by molar-refractivity contribution is 0.384. The highest BCUT2D eigenvalue weighted by Gasteiger charge is 2.26. The Morgan fingerprint density at radius 3 is 2.44 bits per heavy atom. The van der Waals surface area contributed by atoms with Crippen molar-refractivity contribution in [1.82, 2.24) is 19.5 Å². The van der Waals surface area contributed by atoms with Crippen LogP contribution in [0.1, 0.15) is 12.5 Å². The summed E-state index contributed by atoms with van der Waals surface area (Å²) in [6, 6.07) is 7.60. The lowest BCUT2D eigenvalue weighted by Gasteiger charge is -2.34. The van der Waals surface area contributed by atoms with Crippen LogP contribution in [0.15, 0.2) is 30.5 Å². The molecule has 2 aromatic rings. The number of anilines is 3. The number of sulfonamides is 1. The van der Waals surface area contributed by atoms with Gasteiger partial charge < -0.3 is 10.2 Å². The van der Waals surface area contributed by atoms with E-state index in [1.807, 2.05) is 36.1 Å². The second-order valence-corrected chi connectivity index (χ2v) is 8.16. The molecule has 0 aromatic carbocycles. The van der Waals surface area contributed by atoms with Crippen molar-refractivity contribution in [2.75, 3.05) is 42.1 Å². The van der Waals surface area contributed by atoms with Crippen LogP contribution in [0.3, 0.4) is 0 Å². The lowest BCUT2D eigenvalue weighted by Crippen LogP contribution is -2.49. The number of pyridine rings is 1. The summed E-state index contributed by atoms with van der Waals surface area (Å²) in [7, 11) is -3.12. The molecule has 8 nitrogen and oxygen atoms in total. The topological polar surface area (TPSA) is 91.3 Å². The maximum Gasteiger partial charge on any atom is 0.213 e. The number of piperazine rings is 1. The Morgan fingerprint density at radius 2 is 1.84 bits per heavy atom. The molecular weight excluding hydrogens is 340 g/mol. The fourth-order valence-corrected chi connectivity index (χ4v) is 3.76. The summed E-state index contributed by atoms with van der Waals surface area (Å²) >= 11 is 0. The highest BCUT2D eigenvalue weighted by molar-refractivity contribution is 7.89. The molecule has 0 radical (unpaired) electrons. The van der Waals surface area contributed by atoms with Gasteiger partial charge in [-0.25, -0.2) is 13.4 Å². The molecule has 1 N–H and O–H groups in total. The van der Waals surface area contributed by atoms with Crippen LogP contribution in [0.2, 0.25) is 0 Å². The van der Waals surface area contributed by atoms with Gasteiger partial charge >= 0.3 is 0 Å². The van der Waals surface area contributed by atoms with Crippen LogP contribution >= 0.6 is 0 Å². The van der Waals surface area contributed by atoms with Gasteiger partial charge in [0.1, 0.15) is 5.82 Å². The first-order valence-corrected chi connectivity index (χ1v) is 9.85. The molecule has 3 rings (SSSR count). The minimum atomic E-state index is -3.12. The molecular formula is C16H22N6O2S. The van der Waals surface area contributed by atoms with Crippen LogP contribution in [0.25, 0.3) is 0 Å². The van der Waals surface area contributed by atoms with E-state index in [4.69, 9.17) is 0 Å². The molecule has 0 unspecified atom stereocenters. The third kappa shape index (κ3) is 4.23. The van der Waals surface area contributed by atoms with Gasteiger partial charge in [0.2, 0.25) is 10.0 Å². The summed E-state index contributed by atoms with van der Waals surface area (Å²) in [5, 5.41) is 11.6. The zero-order chi connectivity index (χ0) is 17.9. The Balaban J connectivity index is 1.62. The van der Waals surface area contributed by atoms with E-state index in [9.17, 15) is 8.42 Å². The summed E-state index contributed by atoms with van der Waals surface area (Å²) in [4.78, 5) is 6.28. The molecule has 3 heterocycles. The minimum absolute atomic E-state index is 0.139. The van der Waals surface area contributed by atoms with Crippen LogP contribution < -0.4 is 10.2 Å². The minimum Gasteiger partial charge on any atom is -0.352 e. The Hall–Kier alpha value is -2.26. The molecule has 2 aromatic heterocycles. The van der Waals surface area contributed by atoms with Crippen LogP contribution in [0, 0.1) is 6.92 Å². The van der Waals surface area contributed by atoms with Crippen molar-refractivity contribution in [2.24, 2.45) is 0 Å². The monoisotopic (exact) mass is 362 g/mol. The van der Waals surface area contributed by atoms with E-state index in [1.165, 1.54) is 4.31 Å². The smallest absolute Gasteiger partial charge is 0.213 e. The van der Waals surface area contributed by atoms with Crippen molar-refractivity contribution in [3.05, 3.63) is 36.0 Å². The zero-order valence-electron chi connectivity index (χ0n) is 14.4. The lowest BCUT2D eigenvalue weighted by atomic mass is 10.3. The molecule has 9 heteroatoms. The predicted octanol–water partition coefficient (Wildman–Crippen LogP) is 1.40. The largest absolute Gasteiger partial charge is 0.352 e. The number of hydrogen-bond acceptors (Lipinski definition) is 7. The van der Waals surface area contributed by atoms with Gasteiger partial charge in [0, 0.05) is 32.4 Å². The molecule has 0 bridgehead atoms. The molecule has 0 saturated carbocycles. The Morgan fingerprint density at radius 1 is 1.08 bits per heavy atom. The third-order valence-corrected chi connectivity index (χ3v) is 6.02. The van der Waals surface area contributed by atoms with E-state index in [-0.39, 0.29) is 5.75 Å². The van der Waals surface area contributed by atoms with Crippen molar-refractivity contribution >= 4 is 27.5 Å². The molecule has 0 atom stereocenters. The highest BCUT2D eigenvalue weighted by atomic mass is 32.2. The Kier molecular flexibility index (Phi) is 5.14. The summed E-state index contributed by atoms with van der Waals surface area (Å²) in [5.74, 6) is 2.23. The van der Waals surface area contributed by atoms with Crippen molar-refractivity contribution in [3.8, 4) is 0 Å². The average Bonchev–Trinajstić information content (AvgIpc) is 2.62. The van der Waals surface area contributed by atoms with Crippen molar-refractivity contribution in [1.29, 1.82) is 0 Å². The van der Waals surface area contributed by atoms with Gasteiger partial charge in [-0.2, -0.15) is 4.31 Å².